The molecule has 1 saturated heterocycles. The van der Waals surface area contributed by atoms with Crippen molar-refractivity contribution in [3.8, 4) is 28.5 Å². The van der Waals surface area contributed by atoms with Crippen molar-refractivity contribution in [3.63, 3.8) is 0 Å². The maximum Gasteiger partial charge on any atom is 0.405 e. The highest BCUT2D eigenvalue weighted by atomic mass is 19.4. The molecular formula is C24H25F5N4O5. The number of carbonyl (C=O) groups is 1. The normalized spacial score (nSPS) is 14.6. The molecule has 0 radical (unpaired) electrons. The summed E-state index contributed by atoms with van der Waals surface area (Å²) in [4.78, 5) is 19.0. The Morgan fingerprint density at radius 2 is 1.92 bits per heavy atom. The molecule has 38 heavy (non-hydrogen) atoms. The average molecular weight is 544 g/mol. The van der Waals surface area contributed by atoms with E-state index in [-0.39, 0.29) is 11.3 Å². The number of ether oxygens (including phenoxy) is 4. The van der Waals surface area contributed by atoms with Gasteiger partial charge in [0, 0.05) is 37.5 Å². The fourth-order valence-corrected chi connectivity index (χ4v) is 3.96. The van der Waals surface area contributed by atoms with Gasteiger partial charge in [0.1, 0.15) is 41.6 Å². The monoisotopic (exact) mass is 544 g/mol. The van der Waals surface area contributed by atoms with Crippen LogP contribution < -0.4 is 19.5 Å². The lowest BCUT2D eigenvalue weighted by molar-refractivity contribution is -0.123. The minimum atomic E-state index is -4.70. The number of amides is 1. The van der Waals surface area contributed by atoms with Gasteiger partial charge in [-0.05, 0) is 18.2 Å². The molecule has 206 valence electrons. The largest absolute Gasteiger partial charge is 0.496 e. The molecule has 0 spiro atoms. The van der Waals surface area contributed by atoms with Gasteiger partial charge < -0.3 is 24.3 Å². The SMILES string of the molecule is COc1cc(-c2cnc3cc(OCCN4CCOCC4)ccn23)cc(OC(F)F)c1C(=O)NCC(F)(F)F. The Morgan fingerprint density at radius 1 is 1.18 bits per heavy atom. The predicted octanol–water partition coefficient (Wildman–Crippen LogP) is 3.61. The number of nitrogens with one attached hydrogen (secondary N) is 1. The summed E-state index contributed by atoms with van der Waals surface area (Å²) in [7, 11) is 1.15. The van der Waals surface area contributed by atoms with Gasteiger partial charge in [0.25, 0.3) is 5.91 Å². The first-order valence-electron chi connectivity index (χ1n) is 11.6. The summed E-state index contributed by atoms with van der Waals surface area (Å²) in [5.74, 6) is -1.60. The van der Waals surface area contributed by atoms with Crippen LogP contribution in [0.1, 0.15) is 10.4 Å². The number of fused-ring (bicyclic) bond motifs is 1. The van der Waals surface area contributed by atoms with Crippen LogP contribution >= 0.6 is 0 Å². The van der Waals surface area contributed by atoms with Gasteiger partial charge in [0.05, 0.1) is 32.2 Å². The highest BCUT2D eigenvalue weighted by Crippen LogP contribution is 2.36. The maximum absolute atomic E-state index is 13.2. The molecule has 2 aromatic heterocycles. The van der Waals surface area contributed by atoms with E-state index in [1.807, 2.05) is 0 Å². The summed E-state index contributed by atoms with van der Waals surface area (Å²) in [6.45, 7) is -0.728. The van der Waals surface area contributed by atoms with E-state index < -0.39 is 36.6 Å². The first-order valence-corrected chi connectivity index (χ1v) is 11.6. The molecule has 1 aromatic carbocycles. The lowest BCUT2D eigenvalue weighted by Crippen LogP contribution is -2.38. The molecule has 1 aliphatic heterocycles. The summed E-state index contributed by atoms with van der Waals surface area (Å²) >= 11 is 0. The van der Waals surface area contributed by atoms with Crippen LogP contribution in [-0.2, 0) is 4.74 Å². The second-order valence-electron chi connectivity index (χ2n) is 8.26. The topological polar surface area (TPSA) is 86.6 Å². The number of aromatic nitrogens is 2. The lowest BCUT2D eigenvalue weighted by atomic mass is 10.1. The number of pyridine rings is 1. The third-order valence-corrected chi connectivity index (χ3v) is 5.74. The zero-order valence-electron chi connectivity index (χ0n) is 20.3. The molecule has 0 bridgehead atoms. The second kappa shape index (κ2) is 11.8. The Bertz CT molecular complexity index is 1260. The third kappa shape index (κ3) is 6.81. The quantitative estimate of drug-likeness (QED) is 0.391. The Hall–Kier alpha value is -3.65. The van der Waals surface area contributed by atoms with Gasteiger partial charge in [-0.25, -0.2) is 4.98 Å². The highest BCUT2D eigenvalue weighted by molar-refractivity contribution is 6.00. The fraction of sp³-hybridized carbons (Fsp3) is 0.417. The van der Waals surface area contributed by atoms with E-state index in [4.69, 9.17) is 14.2 Å². The highest BCUT2D eigenvalue weighted by Gasteiger charge is 2.30. The molecule has 1 fully saturated rings. The van der Waals surface area contributed by atoms with E-state index in [2.05, 4.69) is 14.6 Å². The summed E-state index contributed by atoms with van der Waals surface area (Å²) in [6, 6.07) is 5.87. The first kappa shape index (κ1) is 27.4. The molecule has 0 saturated carbocycles. The third-order valence-electron chi connectivity index (χ3n) is 5.74. The van der Waals surface area contributed by atoms with Gasteiger partial charge >= 0.3 is 12.8 Å². The van der Waals surface area contributed by atoms with Gasteiger partial charge in [-0.3, -0.25) is 14.1 Å². The van der Waals surface area contributed by atoms with E-state index in [0.29, 0.717) is 36.9 Å². The van der Waals surface area contributed by atoms with Crippen LogP contribution in [0, 0.1) is 0 Å². The van der Waals surface area contributed by atoms with Crippen molar-refractivity contribution in [1.82, 2.24) is 19.6 Å². The van der Waals surface area contributed by atoms with E-state index in [0.717, 1.165) is 32.8 Å². The number of alkyl halides is 5. The summed E-state index contributed by atoms with van der Waals surface area (Å²) in [5.41, 5.74) is 0.606. The number of benzene rings is 1. The smallest absolute Gasteiger partial charge is 0.405 e. The number of imidazole rings is 1. The number of hydrogen-bond donors (Lipinski definition) is 1. The van der Waals surface area contributed by atoms with Gasteiger partial charge in [0.15, 0.2) is 0 Å². The molecule has 1 N–H and O–H groups in total. The van der Waals surface area contributed by atoms with Crippen molar-refractivity contribution >= 4 is 11.6 Å². The zero-order valence-corrected chi connectivity index (χ0v) is 20.3. The summed E-state index contributed by atoms with van der Waals surface area (Å²) in [6.07, 6.45) is -1.56. The number of nitrogens with zero attached hydrogens (tertiary/aromatic N) is 3. The Morgan fingerprint density at radius 3 is 2.61 bits per heavy atom. The number of rotatable bonds is 10. The van der Waals surface area contributed by atoms with Crippen molar-refractivity contribution in [1.29, 1.82) is 0 Å². The van der Waals surface area contributed by atoms with Crippen molar-refractivity contribution < 1.29 is 45.7 Å². The minimum absolute atomic E-state index is 0.254. The molecule has 1 amide bonds. The second-order valence-corrected chi connectivity index (χ2v) is 8.26. The fourth-order valence-electron chi connectivity index (χ4n) is 3.96. The molecule has 9 nitrogen and oxygen atoms in total. The predicted molar refractivity (Wildman–Crippen MR) is 125 cm³/mol. The van der Waals surface area contributed by atoms with Crippen molar-refractivity contribution in [2.24, 2.45) is 0 Å². The molecule has 3 aromatic rings. The van der Waals surface area contributed by atoms with Gasteiger partial charge in [-0.15, -0.1) is 0 Å². The van der Waals surface area contributed by atoms with Gasteiger partial charge in [0.2, 0.25) is 0 Å². The van der Waals surface area contributed by atoms with Crippen LogP contribution in [0.15, 0.2) is 36.7 Å². The Kier molecular flexibility index (Phi) is 8.52. The van der Waals surface area contributed by atoms with Crippen LogP contribution in [0.4, 0.5) is 22.0 Å². The average Bonchev–Trinajstić information content (AvgIpc) is 3.30. The van der Waals surface area contributed by atoms with Crippen molar-refractivity contribution in [2.45, 2.75) is 12.8 Å². The van der Waals surface area contributed by atoms with Gasteiger partial charge in [-0.1, -0.05) is 0 Å². The number of carbonyl (C=O) groups excluding carboxylic acids is 1. The first-order chi connectivity index (χ1) is 18.1. The Balaban J connectivity index is 1.59. The number of morpholine rings is 1. The van der Waals surface area contributed by atoms with Crippen molar-refractivity contribution in [3.05, 3.63) is 42.2 Å². The Labute approximate surface area is 214 Å². The summed E-state index contributed by atoms with van der Waals surface area (Å²) < 4.78 is 86.5. The molecule has 3 heterocycles. The van der Waals surface area contributed by atoms with E-state index >= 15 is 0 Å². The minimum Gasteiger partial charge on any atom is -0.496 e. The van der Waals surface area contributed by atoms with Gasteiger partial charge in [-0.2, -0.15) is 22.0 Å². The maximum atomic E-state index is 13.2. The molecule has 14 heteroatoms. The summed E-state index contributed by atoms with van der Waals surface area (Å²) in [5, 5.41) is 1.65. The van der Waals surface area contributed by atoms with Crippen LogP contribution in [-0.4, -0.2) is 86.1 Å². The molecule has 0 aliphatic carbocycles. The molecule has 1 aliphatic rings. The molecule has 4 rings (SSSR count). The van der Waals surface area contributed by atoms with Crippen LogP contribution in [0.2, 0.25) is 0 Å². The van der Waals surface area contributed by atoms with E-state index in [1.54, 1.807) is 28.0 Å². The molecule has 0 unspecified atom stereocenters. The zero-order chi connectivity index (χ0) is 27.3. The standard InChI is InChI=1S/C24H25F5N4O5/c1-35-18-10-15(11-19(38-23(25)26)21(18)22(34)31-14-24(27,28)29)17-13-30-20-12-16(2-3-33(17)20)37-9-6-32-4-7-36-8-5-32/h2-3,10-13,23H,4-9,14H2,1H3,(H,31,34). The van der Waals surface area contributed by atoms with Crippen molar-refractivity contribution in [2.75, 3.05) is 53.1 Å². The molecular weight excluding hydrogens is 519 g/mol. The number of methoxy groups -OCH3 is 1. The number of hydrogen-bond acceptors (Lipinski definition) is 7. The van der Waals surface area contributed by atoms with Crippen LogP contribution in [0.5, 0.6) is 17.2 Å². The van der Waals surface area contributed by atoms with Crippen LogP contribution in [0.25, 0.3) is 16.9 Å². The lowest BCUT2D eigenvalue weighted by Gasteiger charge is -2.26. The van der Waals surface area contributed by atoms with E-state index in [1.165, 1.54) is 12.3 Å². The van der Waals surface area contributed by atoms with E-state index in [9.17, 15) is 26.7 Å². The molecule has 0 atom stereocenters. The van der Waals surface area contributed by atoms with Crippen LogP contribution in [0.3, 0.4) is 0 Å². The number of halogens is 5.